The number of hydrogen-bond acceptors (Lipinski definition) is 7. The molecule has 2 rings (SSSR count). The highest BCUT2D eigenvalue weighted by atomic mass is 16.6. The molecule has 0 aliphatic carbocycles. The molecule has 7 nitrogen and oxygen atoms in total. The van der Waals surface area contributed by atoms with E-state index in [1.807, 2.05) is 0 Å². The monoisotopic (exact) mass is 164 g/mol. The maximum absolute atomic E-state index is 5.42. The van der Waals surface area contributed by atoms with E-state index in [4.69, 9.17) is 5.73 Å². The highest BCUT2D eigenvalue weighted by Gasteiger charge is 2.09. The first-order valence-corrected chi connectivity index (χ1v) is 3.09. The van der Waals surface area contributed by atoms with Gasteiger partial charge in [0.15, 0.2) is 11.5 Å². The summed E-state index contributed by atoms with van der Waals surface area (Å²) in [6, 6.07) is 0. The molecular weight excluding hydrogens is 160 g/mol. The summed E-state index contributed by atoms with van der Waals surface area (Å²) in [4.78, 5) is 3.87. The summed E-state index contributed by atoms with van der Waals surface area (Å²) in [5.74, 6) is 0.190. The first-order chi connectivity index (χ1) is 5.88. The predicted octanol–water partition coefficient (Wildman–Crippen LogP) is -0.496. The fourth-order valence-corrected chi connectivity index (χ4v) is 0.735. The number of nitrogen functional groups attached to an aromatic ring is 1. The molecule has 2 aromatic heterocycles. The Kier molecular flexibility index (Phi) is 1.40. The van der Waals surface area contributed by atoms with Crippen LogP contribution in [-0.4, -0.2) is 25.5 Å². The molecule has 0 saturated heterocycles. The molecule has 2 aromatic rings. The van der Waals surface area contributed by atoms with Crippen molar-refractivity contribution in [1.82, 2.24) is 25.5 Å². The summed E-state index contributed by atoms with van der Waals surface area (Å²) in [6.45, 7) is 0. The minimum absolute atomic E-state index is 0.190. The molecular formula is C5H4N6O. The SMILES string of the molecule is Nc1nonc1-c1cnncn1. The van der Waals surface area contributed by atoms with Crippen molar-refractivity contribution in [1.29, 1.82) is 0 Å². The van der Waals surface area contributed by atoms with Gasteiger partial charge in [-0.3, -0.25) is 0 Å². The lowest BCUT2D eigenvalue weighted by atomic mass is 10.3. The van der Waals surface area contributed by atoms with Gasteiger partial charge in [0.1, 0.15) is 12.0 Å². The maximum Gasteiger partial charge on any atom is 0.198 e. The third-order valence-corrected chi connectivity index (χ3v) is 1.25. The van der Waals surface area contributed by atoms with Crippen molar-refractivity contribution in [2.45, 2.75) is 0 Å². The highest BCUT2D eigenvalue weighted by molar-refractivity contribution is 5.63. The normalized spacial score (nSPS) is 10.0. The van der Waals surface area contributed by atoms with Crippen LogP contribution in [0.2, 0.25) is 0 Å². The third-order valence-electron chi connectivity index (χ3n) is 1.25. The van der Waals surface area contributed by atoms with Gasteiger partial charge >= 0.3 is 0 Å². The van der Waals surface area contributed by atoms with Crippen molar-refractivity contribution in [2.24, 2.45) is 0 Å². The zero-order chi connectivity index (χ0) is 8.39. The minimum Gasteiger partial charge on any atom is -0.379 e. The van der Waals surface area contributed by atoms with E-state index >= 15 is 0 Å². The van der Waals surface area contributed by atoms with Gasteiger partial charge in [-0.2, -0.15) is 5.10 Å². The standard InChI is InChI=1S/C5H4N6O/c6-5-4(10-12-11-5)3-1-8-9-2-7-3/h1-2H,(H2,6,11). The van der Waals surface area contributed by atoms with Crippen molar-refractivity contribution in [2.75, 3.05) is 5.73 Å². The van der Waals surface area contributed by atoms with Crippen LogP contribution in [0.3, 0.4) is 0 Å². The summed E-state index contributed by atoms with van der Waals surface area (Å²) < 4.78 is 4.39. The molecule has 7 heteroatoms. The molecule has 2 N–H and O–H groups in total. The Balaban J connectivity index is 2.51. The van der Waals surface area contributed by atoms with Gasteiger partial charge in [-0.1, -0.05) is 0 Å². The second kappa shape index (κ2) is 2.53. The van der Waals surface area contributed by atoms with E-state index in [1.165, 1.54) is 12.5 Å². The number of anilines is 1. The van der Waals surface area contributed by atoms with Crippen molar-refractivity contribution < 1.29 is 4.63 Å². The van der Waals surface area contributed by atoms with E-state index in [-0.39, 0.29) is 5.82 Å². The van der Waals surface area contributed by atoms with Gasteiger partial charge < -0.3 is 5.73 Å². The van der Waals surface area contributed by atoms with Crippen molar-refractivity contribution in [3.05, 3.63) is 12.5 Å². The quantitative estimate of drug-likeness (QED) is 0.605. The van der Waals surface area contributed by atoms with Gasteiger partial charge in [-0.25, -0.2) is 9.61 Å². The highest BCUT2D eigenvalue weighted by Crippen LogP contribution is 2.16. The average molecular weight is 164 g/mol. The second-order valence-corrected chi connectivity index (χ2v) is 1.99. The summed E-state index contributed by atoms with van der Waals surface area (Å²) >= 11 is 0. The Bertz CT molecular complexity index is 370. The molecule has 0 bridgehead atoms. The van der Waals surface area contributed by atoms with E-state index in [0.717, 1.165) is 0 Å². The van der Waals surface area contributed by atoms with Gasteiger partial charge in [0.2, 0.25) is 0 Å². The predicted molar refractivity (Wildman–Crippen MR) is 37.5 cm³/mol. The molecule has 0 unspecified atom stereocenters. The van der Waals surface area contributed by atoms with E-state index in [0.29, 0.717) is 11.4 Å². The smallest absolute Gasteiger partial charge is 0.198 e. The molecule has 12 heavy (non-hydrogen) atoms. The second-order valence-electron chi connectivity index (χ2n) is 1.99. The maximum atomic E-state index is 5.42. The van der Waals surface area contributed by atoms with E-state index in [2.05, 4.69) is 30.1 Å². The van der Waals surface area contributed by atoms with E-state index in [1.54, 1.807) is 0 Å². The Morgan fingerprint density at radius 3 is 2.75 bits per heavy atom. The number of nitrogens with zero attached hydrogens (tertiary/aromatic N) is 5. The first-order valence-electron chi connectivity index (χ1n) is 3.09. The van der Waals surface area contributed by atoms with Crippen LogP contribution < -0.4 is 5.73 Å². The third kappa shape index (κ3) is 0.965. The van der Waals surface area contributed by atoms with Crippen LogP contribution in [0.1, 0.15) is 0 Å². The van der Waals surface area contributed by atoms with Crippen LogP contribution in [0.4, 0.5) is 5.82 Å². The number of aromatic nitrogens is 5. The molecule has 0 fully saturated rings. The molecule has 0 radical (unpaired) electrons. The first kappa shape index (κ1) is 6.65. The lowest BCUT2D eigenvalue weighted by Crippen LogP contribution is -1.92. The van der Waals surface area contributed by atoms with Gasteiger partial charge in [0.05, 0.1) is 6.20 Å². The molecule has 0 amide bonds. The number of nitrogens with two attached hydrogens (primary N) is 1. The van der Waals surface area contributed by atoms with Gasteiger partial charge in [0, 0.05) is 0 Å². The molecule has 0 aliphatic heterocycles. The van der Waals surface area contributed by atoms with Crippen molar-refractivity contribution >= 4 is 5.82 Å². The fourth-order valence-electron chi connectivity index (χ4n) is 0.735. The molecule has 0 aliphatic rings. The van der Waals surface area contributed by atoms with Gasteiger partial charge in [-0.15, -0.1) is 5.10 Å². The lowest BCUT2D eigenvalue weighted by molar-refractivity contribution is 0.310. The summed E-state index contributed by atoms with van der Waals surface area (Å²) in [5, 5.41) is 14.0. The summed E-state index contributed by atoms with van der Waals surface area (Å²) in [5.41, 5.74) is 6.29. The molecule has 0 spiro atoms. The lowest BCUT2D eigenvalue weighted by Gasteiger charge is -1.90. The van der Waals surface area contributed by atoms with Crippen molar-refractivity contribution in [3.8, 4) is 11.4 Å². The Morgan fingerprint density at radius 2 is 2.17 bits per heavy atom. The Hall–Kier alpha value is -2.05. The fraction of sp³-hybridized carbons (Fsp3) is 0. The van der Waals surface area contributed by atoms with Crippen LogP contribution in [0, 0.1) is 0 Å². The average Bonchev–Trinajstić information content (AvgIpc) is 2.53. The van der Waals surface area contributed by atoms with Gasteiger partial charge in [-0.05, 0) is 10.3 Å². The number of rotatable bonds is 1. The van der Waals surface area contributed by atoms with E-state index in [9.17, 15) is 0 Å². The van der Waals surface area contributed by atoms with Crippen LogP contribution >= 0.6 is 0 Å². The van der Waals surface area contributed by atoms with Crippen LogP contribution in [0.25, 0.3) is 11.4 Å². The topological polar surface area (TPSA) is 104 Å². The minimum atomic E-state index is 0.190. The zero-order valence-corrected chi connectivity index (χ0v) is 5.88. The molecule has 0 aromatic carbocycles. The summed E-state index contributed by atoms with van der Waals surface area (Å²) in [7, 11) is 0. The molecule has 60 valence electrons. The van der Waals surface area contributed by atoms with Crippen molar-refractivity contribution in [3.63, 3.8) is 0 Å². The van der Waals surface area contributed by atoms with Crippen LogP contribution in [0.15, 0.2) is 17.2 Å². The molecule has 0 atom stereocenters. The van der Waals surface area contributed by atoms with Crippen LogP contribution in [0.5, 0.6) is 0 Å². The Morgan fingerprint density at radius 1 is 1.25 bits per heavy atom. The zero-order valence-electron chi connectivity index (χ0n) is 5.88. The Labute approximate surface area is 66.6 Å². The largest absolute Gasteiger partial charge is 0.379 e. The van der Waals surface area contributed by atoms with Gasteiger partial charge in [0.25, 0.3) is 0 Å². The van der Waals surface area contributed by atoms with Crippen LogP contribution in [-0.2, 0) is 0 Å². The summed E-state index contributed by atoms with van der Waals surface area (Å²) in [6.07, 6.45) is 2.72. The molecule has 0 saturated carbocycles. The molecule has 2 heterocycles. The number of hydrogen-bond donors (Lipinski definition) is 1. The van der Waals surface area contributed by atoms with E-state index < -0.39 is 0 Å².